The number of carboxylic acids is 1. The lowest BCUT2D eigenvalue weighted by Gasteiger charge is -2.35. The average molecular weight is 355 g/mol. The molecule has 0 unspecified atom stereocenters. The summed E-state index contributed by atoms with van der Waals surface area (Å²) in [5.41, 5.74) is 0.952. The van der Waals surface area contributed by atoms with Gasteiger partial charge < -0.3 is 15.2 Å². The van der Waals surface area contributed by atoms with E-state index in [4.69, 9.17) is 4.74 Å². The molecule has 1 aliphatic heterocycles. The zero-order valence-corrected chi connectivity index (χ0v) is 14.0. The molecule has 6 heteroatoms. The Balaban J connectivity index is 1.53. The highest BCUT2D eigenvalue weighted by molar-refractivity contribution is 6.07. The van der Waals surface area contributed by atoms with E-state index in [1.807, 2.05) is 0 Å². The molecule has 0 bridgehead atoms. The van der Waals surface area contributed by atoms with Gasteiger partial charge in [-0.25, -0.2) is 9.18 Å². The first-order valence-corrected chi connectivity index (χ1v) is 8.59. The van der Waals surface area contributed by atoms with Gasteiger partial charge in [-0.3, -0.25) is 4.79 Å². The number of nitrogens with one attached hydrogen (secondary N) is 1. The van der Waals surface area contributed by atoms with Gasteiger partial charge in [0.1, 0.15) is 11.6 Å². The van der Waals surface area contributed by atoms with Crippen molar-refractivity contribution in [1.82, 2.24) is 0 Å². The average Bonchev–Trinajstić information content (AvgIpc) is 2.90. The minimum atomic E-state index is -1.00. The lowest BCUT2D eigenvalue weighted by molar-refractivity contribution is -0.122. The Morgan fingerprint density at radius 2 is 1.85 bits per heavy atom. The fourth-order valence-electron chi connectivity index (χ4n) is 3.95. The molecule has 2 N–H and O–H groups in total. The molecule has 2 aliphatic rings. The predicted octanol–water partition coefficient (Wildman–Crippen LogP) is 3.74. The Morgan fingerprint density at radius 3 is 2.50 bits per heavy atom. The third kappa shape index (κ3) is 2.71. The van der Waals surface area contributed by atoms with Gasteiger partial charge in [0.05, 0.1) is 17.1 Å². The van der Waals surface area contributed by atoms with Crippen LogP contribution in [0.4, 0.5) is 10.1 Å². The van der Waals surface area contributed by atoms with Crippen LogP contribution in [0.5, 0.6) is 5.75 Å². The van der Waals surface area contributed by atoms with Gasteiger partial charge in [-0.2, -0.15) is 0 Å². The Hall–Kier alpha value is -2.89. The summed E-state index contributed by atoms with van der Waals surface area (Å²) >= 11 is 0. The number of fused-ring (bicyclic) bond motifs is 2. The van der Waals surface area contributed by atoms with Crippen LogP contribution in [-0.4, -0.2) is 23.1 Å². The molecule has 0 atom stereocenters. The van der Waals surface area contributed by atoms with Crippen molar-refractivity contribution in [2.45, 2.75) is 37.2 Å². The van der Waals surface area contributed by atoms with Crippen molar-refractivity contribution in [1.29, 1.82) is 0 Å². The van der Waals surface area contributed by atoms with Crippen LogP contribution in [0, 0.1) is 5.82 Å². The van der Waals surface area contributed by atoms with Crippen LogP contribution < -0.4 is 10.1 Å². The van der Waals surface area contributed by atoms with Gasteiger partial charge in [0.2, 0.25) is 5.91 Å². The standard InChI is InChI=1S/C20H18FNO4/c21-13-2-4-14(5-3-13)26-15-7-9-20(10-8-15)16-11-12(18(23)24)1-6-17(16)22-19(20)25/h1-6,11,15H,7-10H2,(H,22,25)(H,23,24)/t15-,20-. The number of hydrogen-bond donors (Lipinski definition) is 2. The molecule has 1 spiro atoms. The molecule has 2 aromatic rings. The van der Waals surface area contributed by atoms with E-state index in [2.05, 4.69) is 5.32 Å². The molecule has 134 valence electrons. The monoisotopic (exact) mass is 355 g/mol. The van der Waals surface area contributed by atoms with Gasteiger partial charge in [-0.1, -0.05) is 0 Å². The first-order chi connectivity index (χ1) is 12.5. The SMILES string of the molecule is O=C(O)c1ccc2c(c1)[C@]1(CC[C@@H](Oc3ccc(F)cc3)CC1)C(=O)N2. The van der Waals surface area contributed by atoms with Crippen LogP contribution in [0.2, 0.25) is 0 Å². The van der Waals surface area contributed by atoms with Gasteiger partial charge in [-0.15, -0.1) is 0 Å². The van der Waals surface area contributed by atoms with Crippen molar-refractivity contribution in [3.8, 4) is 5.75 Å². The number of rotatable bonds is 3. The van der Waals surface area contributed by atoms with Gasteiger partial charge in [0, 0.05) is 5.69 Å². The minimum absolute atomic E-state index is 0.0504. The Labute approximate surface area is 149 Å². The van der Waals surface area contributed by atoms with Gasteiger partial charge in [-0.05, 0) is 73.7 Å². The van der Waals surface area contributed by atoms with E-state index in [9.17, 15) is 19.1 Å². The van der Waals surface area contributed by atoms with E-state index < -0.39 is 11.4 Å². The third-order valence-corrected chi connectivity index (χ3v) is 5.37. The lowest BCUT2D eigenvalue weighted by Crippen LogP contribution is -2.40. The molecule has 1 saturated carbocycles. The van der Waals surface area contributed by atoms with Crippen molar-refractivity contribution in [3.05, 3.63) is 59.4 Å². The van der Waals surface area contributed by atoms with E-state index in [0.29, 0.717) is 37.1 Å². The molecule has 26 heavy (non-hydrogen) atoms. The molecule has 4 rings (SSSR count). The fraction of sp³-hybridized carbons (Fsp3) is 0.300. The lowest BCUT2D eigenvalue weighted by atomic mass is 9.69. The Kier molecular flexibility index (Phi) is 3.90. The number of aromatic carboxylic acids is 1. The third-order valence-electron chi connectivity index (χ3n) is 5.37. The fourth-order valence-corrected chi connectivity index (χ4v) is 3.95. The summed E-state index contributed by atoms with van der Waals surface area (Å²) in [4.78, 5) is 23.9. The molecule has 1 amide bonds. The van der Waals surface area contributed by atoms with Crippen LogP contribution in [0.1, 0.15) is 41.6 Å². The number of carbonyl (C=O) groups is 2. The summed E-state index contributed by atoms with van der Waals surface area (Å²) in [5, 5.41) is 12.1. The number of carbonyl (C=O) groups excluding carboxylic acids is 1. The van der Waals surface area contributed by atoms with E-state index in [1.165, 1.54) is 18.2 Å². The summed E-state index contributed by atoms with van der Waals surface area (Å²) in [6, 6.07) is 10.7. The molecule has 0 radical (unpaired) electrons. The van der Waals surface area contributed by atoms with Crippen molar-refractivity contribution < 1.29 is 23.8 Å². The number of ether oxygens (including phenoxy) is 1. The van der Waals surface area contributed by atoms with E-state index >= 15 is 0 Å². The first-order valence-electron chi connectivity index (χ1n) is 8.59. The molecule has 0 saturated heterocycles. The van der Waals surface area contributed by atoms with Gasteiger partial charge in [0.15, 0.2) is 0 Å². The van der Waals surface area contributed by atoms with Gasteiger partial charge in [0.25, 0.3) is 0 Å². The highest BCUT2D eigenvalue weighted by atomic mass is 19.1. The van der Waals surface area contributed by atoms with E-state index in [0.717, 1.165) is 5.56 Å². The number of amides is 1. The Bertz CT molecular complexity index is 870. The maximum atomic E-state index is 13.0. The molecule has 0 aromatic heterocycles. The van der Waals surface area contributed by atoms with Crippen molar-refractivity contribution >= 4 is 17.6 Å². The highest BCUT2D eigenvalue weighted by Crippen LogP contribution is 2.48. The maximum Gasteiger partial charge on any atom is 0.335 e. The summed E-state index contributed by atoms with van der Waals surface area (Å²) in [7, 11) is 0. The first kappa shape index (κ1) is 16.6. The number of hydrogen-bond acceptors (Lipinski definition) is 3. The molecule has 1 fully saturated rings. The van der Waals surface area contributed by atoms with Crippen LogP contribution in [0.15, 0.2) is 42.5 Å². The molecular formula is C20H18FNO4. The van der Waals surface area contributed by atoms with Crippen LogP contribution in [0.3, 0.4) is 0 Å². The Morgan fingerprint density at radius 1 is 1.15 bits per heavy atom. The van der Waals surface area contributed by atoms with Crippen molar-refractivity contribution in [2.75, 3.05) is 5.32 Å². The van der Waals surface area contributed by atoms with Crippen molar-refractivity contribution in [3.63, 3.8) is 0 Å². The topological polar surface area (TPSA) is 75.6 Å². The van der Waals surface area contributed by atoms with Crippen LogP contribution in [-0.2, 0) is 10.2 Å². The number of halogens is 1. The highest BCUT2D eigenvalue weighted by Gasteiger charge is 2.49. The van der Waals surface area contributed by atoms with Crippen LogP contribution >= 0.6 is 0 Å². The summed E-state index contributed by atoms with van der Waals surface area (Å²) in [6.45, 7) is 0. The second-order valence-corrected chi connectivity index (χ2v) is 6.87. The maximum absolute atomic E-state index is 13.0. The minimum Gasteiger partial charge on any atom is -0.490 e. The molecule has 1 heterocycles. The zero-order chi connectivity index (χ0) is 18.3. The van der Waals surface area contributed by atoms with Crippen LogP contribution in [0.25, 0.3) is 0 Å². The summed E-state index contributed by atoms with van der Waals surface area (Å²) < 4.78 is 18.9. The second-order valence-electron chi connectivity index (χ2n) is 6.87. The van der Waals surface area contributed by atoms with E-state index in [1.54, 1.807) is 24.3 Å². The molecule has 5 nitrogen and oxygen atoms in total. The molecule has 2 aromatic carbocycles. The zero-order valence-electron chi connectivity index (χ0n) is 14.0. The smallest absolute Gasteiger partial charge is 0.335 e. The predicted molar refractivity (Wildman–Crippen MR) is 93.0 cm³/mol. The normalized spacial score (nSPS) is 24.2. The molecular weight excluding hydrogens is 337 g/mol. The van der Waals surface area contributed by atoms with Crippen molar-refractivity contribution in [2.24, 2.45) is 0 Å². The number of carboxylic acid groups (broad SMARTS) is 1. The molecule has 1 aliphatic carbocycles. The van der Waals surface area contributed by atoms with Gasteiger partial charge >= 0.3 is 5.97 Å². The second kappa shape index (κ2) is 6.12. The largest absolute Gasteiger partial charge is 0.490 e. The quantitative estimate of drug-likeness (QED) is 0.880. The van der Waals surface area contributed by atoms with E-state index in [-0.39, 0.29) is 23.4 Å². The number of anilines is 1. The summed E-state index contributed by atoms with van der Waals surface area (Å²) in [6.07, 6.45) is 2.45. The number of benzene rings is 2. The summed E-state index contributed by atoms with van der Waals surface area (Å²) in [5.74, 6) is -0.781.